The lowest BCUT2D eigenvalue weighted by molar-refractivity contribution is 0.304. The maximum absolute atomic E-state index is 5.95. The van der Waals surface area contributed by atoms with Gasteiger partial charge >= 0.3 is 0 Å². The standard InChI is InChI=1S/C24H29ClN2O/c1-2-3-4-5-8-11-20-28-22-16-14-21(15-17-22)12-9-6-7-10-13-23-24(25)27-19-18-26-23/h6-7,9-10,12-19H,2-5,8,11,20H2,1H3/b7-6+,12-9+,13-10+. The number of ether oxygens (including phenoxy) is 1. The van der Waals surface area contributed by atoms with Crippen LogP contribution in [0.2, 0.25) is 5.15 Å². The SMILES string of the molecule is CCCCCCCCOc1ccc(/C=C/C=C/C=C/c2nccnc2Cl)cc1. The second-order valence-electron chi connectivity index (χ2n) is 6.52. The molecule has 1 aromatic heterocycles. The number of nitrogens with zero attached hydrogens (tertiary/aromatic N) is 2. The van der Waals surface area contributed by atoms with Gasteiger partial charge in [-0.05, 0) is 30.2 Å². The largest absolute Gasteiger partial charge is 0.494 e. The molecular formula is C24H29ClN2O. The van der Waals surface area contributed by atoms with Crippen molar-refractivity contribution < 1.29 is 4.74 Å². The van der Waals surface area contributed by atoms with Crippen LogP contribution >= 0.6 is 11.6 Å². The van der Waals surface area contributed by atoms with E-state index in [1.54, 1.807) is 12.4 Å². The second kappa shape index (κ2) is 13.7. The van der Waals surface area contributed by atoms with Gasteiger partial charge in [-0.2, -0.15) is 0 Å². The van der Waals surface area contributed by atoms with Crippen LogP contribution < -0.4 is 4.74 Å². The third-order valence-corrected chi connectivity index (χ3v) is 4.49. The highest BCUT2D eigenvalue weighted by Crippen LogP contribution is 2.14. The summed E-state index contributed by atoms with van der Waals surface area (Å²) in [6.07, 6.45) is 22.5. The molecule has 2 rings (SSSR count). The lowest BCUT2D eigenvalue weighted by Crippen LogP contribution is -1.97. The van der Waals surface area contributed by atoms with Gasteiger partial charge in [0.1, 0.15) is 11.4 Å². The van der Waals surface area contributed by atoms with Crippen molar-refractivity contribution in [2.45, 2.75) is 45.4 Å². The fourth-order valence-corrected chi connectivity index (χ4v) is 2.80. The van der Waals surface area contributed by atoms with Crippen molar-refractivity contribution in [3.8, 4) is 5.75 Å². The quantitative estimate of drug-likeness (QED) is 0.282. The Hall–Kier alpha value is -2.39. The van der Waals surface area contributed by atoms with Gasteiger partial charge in [0.15, 0.2) is 5.15 Å². The Morgan fingerprint density at radius 3 is 2.25 bits per heavy atom. The van der Waals surface area contributed by atoms with Gasteiger partial charge in [0, 0.05) is 12.4 Å². The molecule has 0 aliphatic rings. The summed E-state index contributed by atoms with van der Waals surface area (Å²) in [5, 5.41) is 0.404. The molecule has 0 N–H and O–H groups in total. The molecule has 0 aliphatic heterocycles. The number of allylic oxidation sites excluding steroid dienone is 4. The van der Waals surface area contributed by atoms with Crippen molar-refractivity contribution in [3.63, 3.8) is 0 Å². The zero-order valence-electron chi connectivity index (χ0n) is 16.6. The topological polar surface area (TPSA) is 35.0 Å². The number of halogens is 1. The molecule has 3 nitrogen and oxygen atoms in total. The van der Waals surface area contributed by atoms with Crippen molar-refractivity contribution in [1.29, 1.82) is 0 Å². The van der Waals surface area contributed by atoms with E-state index in [2.05, 4.69) is 35.1 Å². The van der Waals surface area contributed by atoms with Crippen LogP contribution in [0, 0.1) is 0 Å². The number of hydrogen-bond acceptors (Lipinski definition) is 3. The van der Waals surface area contributed by atoms with Crippen molar-refractivity contribution >= 4 is 23.8 Å². The third-order valence-electron chi connectivity index (χ3n) is 4.20. The zero-order valence-corrected chi connectivity index (χ0v) is 17.3. The third kappa shape index (κ3) is 9.01. The minimum atomic E-state index is 0.404. The molecule has 28 heavy (non-hydrogen) atoms. The van der Waals surface area contributed by atoms with Crippen LogP contribution in [-0.4, -0.2) is 16.6 Å². The van der Waals surface area contributed by atoms with Gasteiger partial charge in [-0.1, -0.05) is 93.1 Å². The van der Waals surface area contributed by atoms with Crippen molar-refractivity contribution in [2.75, 3.05) is 6.61 Å². The highest BCUT2D eigenvalue weighted by Gasteiger charge is 1.96. The Morgan fingerprint density at radius 2 is 1.50 bits per heavy atom. The summed E-state index contributed by atoms with van der Waals surface area (Å²) in [5.41, 5.74) is 1.80. The molecule has 1 heterocycles. The average molecular weight is 397 g/mol. The van der Waals surface area contributed by atoms with Gasteiger partial charge in [-0.3, -0.25) is 4.98 Å². The van der Waals surface area contributed by atoms with E-state index in [4.69, 9.17) is 16.3 Å². The first-order valence-electron chi connectivity index (χ1n) is 10.0. The lowest BCUT2D eigenvalue weighted by atomic mass is 10.1. The van der Waals surface area contributed by atoms with Gasteiger partial charge in [0.05, 0.1) is 6.61 Å². The summed E-state index contributed by atoms with van der Waals surface area (Å²) in [7, 11) is 0. The number of benzene rings is 1. The van der Waals surface area contributed by atoms with Crippen molar-refractivity contribution in [1.82, 2.24) is 9.97 Å². The van der Waals surface area contributed by atoms with Crippen LogP contribution in [0.15, 0.2) is 61.0 Å². The van der Waals surface area contributed by atoms with Crippen molar-refractivity contribution in [2.24, 2.45) is 0 Å². The summed E-state index contributed by atoms with van der Waals surface area (Å²) in [5.74, 6) is 0.935. The molecule has 0 saturated carbocycles. The molecule has 0 aliphatic carbocycles. The molecule has 2 aromatic rings. The molecule has 0 unspecified atom stereocenters. The highest BCUT2D eigenvalue weighted by molar-refractivity contribution is 6.30. The molecule has 0 atom stereocenters. The number of hydrogen-bond donors (Lipinski definition) is 0. The normalized spacial score (nSPS) is 11.8. The van der Waals surface area contributed by atoms with Crippen molar-refractivity contribution in [3.05, 3.63) is 77.4 Å². The Labute approximate surface area is 173 Å². The smallest absolute Gasteiger partial charge is 0.154 e. The van der Waals surface area contributed by atoms with E-state index in [1.807, 2.05) is 42.5 Å². The highest BCUT2D eigenvalue weighted by atomic mass is 35.5. The fraction of sp³-hybridized carbons (Fsp3) is 0.333. The minimum absolute atomic E-state index is 0.404. The molecule has 0 radical (unpaired) electrons. The molecule has 0 bridgehead atoms. The fourth-order valence-electron chi connectivity index (χ4n) is 2.63. The predicted octanol–water partition coefficient (Wildman–Crippen LogP) is 7.15. The molecule has 0 fully saturated rings. The van der Waals surface area contributed by atoms with Gasteiger partial charge in [-0.25, -0.2) is 4.98 Å². The molecular weight excluding hydrogens is 368 g/mol. The Balaban J connectivity index is 1.68. The molecule has 1 aromatic carbocycles. The second-order valence-corrected chi connectivity index (χ2v) is 6.88. The first-order valence-corrected chi connectivity index (χ1v) is 10.4. The maximum atomic E-state index is 5.95. The van der Waals surface area contributed by atoms with Crippen LogP contribution in [0.25, 0.3) is 12.2 Å². The first kappa shape index (κ1) is 21.9. The monoisotopic (exact) mass is 396 g/mol. The molecule has 0 saturated heterocycles. The van der Waals surface area contributed by atoms with Gasteiger partial charge in [0.2, 0.25) is 0 Å². The van der Waals surface area contributed by atoms with E-state index in [1.165, 1.54) is 32.1 Å². The van der Waals surface area contributed by atoms with E-state index >= 15 is 0 Å². The maximum Gasteiger partial charge on any atom is 0.154 e. The minimum Gasteiger partial charge on any atom is -0.494 e. The lowest BCUT2D eigenvalue weighted by Gasteiger charge is -2.06. The van der Waals surface area contributed by atoms with E-state index in [0.29, 0.717) is 10.8 Å². The summed E-state index contributed by atoms with van der Waals surface area (Å²) in [6.45, 7) is 3.04. The summed E-state index contributed by atoms with van der Waals surface area (Å²) in [6, 6.07) is 8.18. The van der Waals surface area contributed by atoms with Crippen LogP contribution in [0.5, 0.6) is 5.75 Å². The van der Waals surface area contributed by atoms with E-state index < -0.39 is 0 Å². The van der Waals surface area contributed by atoms with Gasteiger partial charge in [0.25, 0.3) is 0 Å². The predicted molar refractivity (Wildman–Crippen MR) is 120 cm³/mol. The van der Waals surface area contributed by atoms with E-state index in [9.17, 15) is 0 Å². The first-order chi connectivity index (χ1) is 13.8. The van der Waals surface area contributed by atoms with Crippen LogP contribution in [0.1, 0.15) is 56.7 Å². The summed E-state index contributed by atoms with van der Waals surface area (Å²) < 4.78 is 5.81. The van der Waals surface area contributed by atoms with Crippen LogP contribution in [0.4, 0.5) is 0 Å². The Bertz CT molecular complexity index is 766. The van der Waals surface area contributed by atoms with Gasteiger partial charge in [-0.15, -0.1) is 0 Å². The number of unbranched alkanes of at least 4 members (excludes halogenated alkanes) is 5. The molecule has 4 heteroatoms. The Morgan fingerprint density at radius 1 is 0.821 bits per heavy atom. The Kier molecular flexibility index (Phi) is 10.7. The number of aromatic nitrogens is 2. The summed E-state index contributed by atoms with van der Waals surface area (Å²) in [4.78, 5) is 8.13. The van der Waals surface area contributed by atoms with E-state index in [0.717, 1.165) is 24.3 Å². The summed E-state index contributed by atoms with van der Waals surface area (Å²) >= 11 is 5.95. The average Bonchev–Trinajstić information content (AvgIpc) is 2.72. The van der Waals surface area contributed by atoms with E-state index in [-0.39, 0.29) is 0 Å². The zero-order chi connectivity index (χ0) is 19.9. The number of rotatable bonds is 12. The van der Waals surface area contributed by atoms with Crippen LogP contribution in [-0.2, 0) is 0 Å². The molecule has 0 amide bonds. The molecule has 0 spiro atoms. The van der Waals surface area contributed by atoms with Crippen LogP contribution in [0.3, 0.4) is 0 Å². The van der Waals surface area contributed by atoms with Gasteiger partial charge < -0.3 is 4.74 Å². The molecule has 148 valence electrons.